The molecule has 0 aromatic heterocycles. The van der Waals surface area contributed by atoms with E-state index in [0.29, 0.717) is 12.0 Å². The Hall–Kier alpha value is -1.76. The highest BCUT2D eigenvalue weighted by Gasteiger charge is 2.17. The van der Waals surface area contributed by atoms with Crippen molar-refractivity contribution in [3.63, 3.8) is 0 Å². The summed E-state index contributed by atoms with van der Waals surface area (Å²) in [5.74, 6) is 0.595. The predicted molar refractivity (Wildman–Crippen MR) is 90.9 cm³/mol. The fraction of sp³-hybridized carbons (Fsp3) is 0.400. The zero-order valence-electron chi connectivity index (χ0n) is 13.1. The van der Waals surface area contributed by atoms with Crippen LogP contribution >= 0.6 is 0 Å². The topological polar surface area (TPSA) is 12.0 Å². The summed E-state index contributed by atoms with van der Waals surface area (Å²) in [7, 11) is 0. The molecule has 1 nitrogen and oxygen atoms in total. The Morgan fingerprint density at radius 1 is 0.952 bits per heavy atom. The SMILES string of the molecule is CC(C)c1ccc(NC2CCCCc3ccccc32)cc1. The van der Waals surface area contributed by atoms with Gasteiger partial charge >= 0.3 is 0 Å². The van der Waals surface area contributed by atoms with Crippen LogP contribution in [0, 0.1) is 0 Å². The van der Waals surface area contributed by atoms with Gasteiger partial charge in [0.25, 0.3) is 0 Å². The van der Waals surface area contributed by atoms with E-state index in [1.54, 1.807) is 0 Å². The van der Waals surface area contributed by atoms with Crippen LogP contribution in [0.1, 0.15) is 61.8 Å². The lowest BCUT2D eigenvalue weighted by molar-refractivity contribution is 0.644. The molecule has 0 fully saturated rings. The molecule has 0 radical (unpaired) electrons. The molecule has 0 aliphatic heterocycles. The van der Waals surface area contributed by atoms with Crippen LogP contribution in [0.2, 0.25) is 0 Å². The number of fused-ring (bicyclic) bond motifs is 1. The summed E-state index contributed by atoms with van der Waals surface area (Å²) in [4.78, 5) is 0. The van der Waals surface area contributed by atoms with Crippen molar-refractivity contribution < 1.29 is 0 Å². The Bertz CT molecular complexity index is 583. The average Bonchev–Trinajstić information content (AvgIpc) is 2.71. The molecule has 1 atom stereocenters. The lowest BCUT2D eigenvalue weighted by atomic mass is 9.98. The Labute approximate surface area is 128 Å². The van der Waals surface area contributed by atoms with Gasteiger partial charge in [0.15, 0.2) is 0 Å². The van der Waals surface area contributed by atoms with Gasteiger partial charge in [-0.15, -0.1) is 0 Å². The molecule has 0 amide bonds. The summed E-state index contributed by atoms with van der Waals surface area (Å²) in [5, 5.41) is 3.74. The molecule has 1 heteroatoms. The fourth-order valence-corrected chi connectivity index (χ4v) is 3.24. The lowest BCUT2D eigenvalue weighted by Gasteiger charge is -2.21. The maximum atomic E-state index is 3.74. The first kappa shape index (κ1) is 14.2. The van der Waals surface area contributed by atoms with Gasteiger partial charge in [0.05, 0.1) is 6.04 Å². The molecule has 1 aliphatic carbocycles. The monoisotopic (exact) mass is 279 g/mol. The number of nitrogens with one attached hydrogen (secondary N) is 1. The third-order valence-corrected chi connectivity index (χ3v) is 4.54. The van der Waals surface area contributed by atoms with E-state index in [9.17, 15) is 0 Å². The third kappa shape index (κ3) is 3.29. The summed E-state index contributed by atoms with van der Waals surface area (Å²) in [6, 6.07) is 18.3. The molecule has 1 unspecified atom stereocenters. The van der Waals surface area contributed by atoms with E-state index in [0.717, 1.165) is 0 Å². The second-order valence-corrected chi connectivity index (χ2v) is 6.42. The van der Waals surface area contributed by atoms with Crippen molar-refractivity contribution in [3.8, 4) is 0 Å². The van der Waals surface area contributed by atoms with Gasteiger partial charge in [-0.1, -0.05) is 56.7 Å². The van der Waals surface area contributed by atoms with Crippen LogP contribution in [0.4, 0.5) is 5.69 Å². The minimum Gasteiger partial charge on any atom is -0.378 e. The van der Waals surface area contributed by atoms with Crippen molar-refractivity contribution in [1.29, 1.82) is 0 Å². The second kappa shape index (κ2) is 6.34. The molecular formula is C20H25N. The first-order valence-electron chi connectivity index (χ1n) is 8.18. The number of hydrogen-bond donors (Lipinski definition) is 1. The van der Waals surface area contributed by atoms with E-state index in [1.165, 1.54) is 48.1 Å². The number of anilines is 1. The number of rotatable bonds is 3. The quantitative estimate of drug-likeness (QED) is 0.712. The first-order chi connectivity index (χ1) is 10.2. The molecule has 2 aromatic carbocycles. The average molecular weight is 279 g/mol. The highest BCUT2D eigenvalue weighted by atomic mass is 14.9. The highest BCUT2D eigenvalue weighted by Crippen LogP contribution is 2.31. The van der Waals surface area contributed by atoms with Crippen molar-refractivity contribution in [2.45, 2.75) is 51.5 Å². The van der Waals surface area contributed by atoms with E-state index in [2.05, 4.69) is 67.7 Å². The van der Waals surface area contributed by atoms with Gasteiger partial charge in [0.1, 0.15) is 0 Å². The van der Waals surface area contributed by atoms with Crippen molar-refractivity contribution >= 4 is 5.69 Å². The highest BCUT2D eigenvalue weighted by molar-refractivity contribution is 5.48. The van der Waals surface area contributed by atoms with Crippen molar-refractivity contribution in [3.05, 3.63) is 65.2 Å². The van der Waals surface area contributed by atoms with Gasteiger partial charge in [0, 0.05) is 5.69 Å². The minimum atomic E-state index is 0.452. The molecule has 0 spiro atoms. The van der Waals surface area contributed by atoms with Gasteiger partial charge in [-0.05, 0) is 54.0 Å². The molecule has 2 aromatic rings. The Kier molecular flexibility index (Phi) is 4.28. The zero-order chi connectivity index (χ0) is 14.7. The summed E-state index contributed by atoms with van der Waals surface area (Å²) >= 11 is 0. The molecule has 0 saturated carbocycles. The molecule has 110 valence electrons. The number of benzene rings is 2. The zero-order valence-corrected chi connectivity index (χ0v) is 13.1. The van der Waals surface area contributed by atoms with Crippen LogP contribution in [-0.4, -0.2) is 0 Å². The molecule has 0 heterocycles. The number of aryl methyl sites for hydroxylation is 1. The van der Waals surface area contributed by atoms with Gasteiger partial charge < -0.3 is 5.32 Å². The Morgan fingerprint density at radius 2 is 1.71 bits per heavy atom. The summed E-state index contributed by atoms with van der Waals surface area (Å²) in [5.41, 5.74) is 5.65. The normalized spacial score (nSPS) is 18.1. The van der Waals surface area contributed by atoms with Crippen LogP contribution in [-0.2, 0) is 6.42 Å². The standard InChI is InChI=1S/C20H25N/c1-15(2)16-11-13-18(14-12-16)21-20-10-6-4-8-17-7-3-5-9-19(17)20/h3,5,7,9,11-15,20-21H,4,6,8,10H2,1-2H3. The molecule has 1 aliphatic rings. The molecule has 0 saturated heterocycles. The third-order valence-electron chi connectivity index (χ3n) is 4.54. The molecule has 0 bridgehead atoms. The summed E-state index contributed by atoms with van der Waals surface area (Å²) in [6.07, 6.45) is 5.06. The minimum absolute atomic E-state index is 0.452. The molecule has 1 N–H and O–H groups in total. The largest absolute Gasteiger partial charge is 0.378 e. The van der Waals surface area contributed by atoms with Crippen LogP contribution in [0.25, 0.3) is 0 Å². The van der Waals surface area contributed by atoms with E-state index < -0.39 is 0 Å². The second-order valence-electron chi connectivity index (χ2n) is 6.42. The van der Waals surface area contributed by atoms with Crippen LogP contribution in [0.5, 0.6) is 0 Å². The van der Waals surface area contributed by atoms with E-state index in [-0.39, 0.29) is 0 Å². The first-order valence-corrected chi connectivity index (χ1v) is 8.18. The fourth-order valence-electron chi connectivity index (χ4n) is 3.24. The van der Waals surface area contributed by atoms with Gasteiger partial charge in [-0.25, -0.2) is 0 Å². The Morgan fingerprint density at radius 3 is 2.48 bits per heavy atom. The molecular weight excluding hydrogens is 254 g/mol. The van der Waals surface area contributed by atoms with E-state index in [4.69, 9.17) is 0 Å². The van der Waals surface area contributed by atoms with Crippen LogP contribution < -0.4 is 5.32 Å². The predicted octanol–water partition coefficient (Wildman–Crippen LogP) is 5.69. The number of hydrogen-bond acceptors (Lipinski definition) is 1. The van der Waals surface area contributed by atoms with Crippen LogP contribution in [0.3, 0.4) is 0 Å². The van der Waals surface area contributed by atoms with Gasteiger partial charge in [-0.2, -0.15) is 0 Å². The van der Waals surface area contributed by atoms with Crippen molar-refractivity contribution in [1.82, 2.24) is 0 Å². The smallest absolute Gasteiger partial charge is 0.0516 e. The van der Waals surface area contributed by atoms with E-state index >= 15 is 0 Å². The molecule has 21 heavy (non-hydrogen) atoms. The van der Waals surface area contributed by atoms with Crippen LogP contribution in [0.15, 0.2) is 48.5 Å². The summed E-state index contributed by atoms with van der Waals surface area (Å²) < 4.78 is 0. The Balaban J connectivity index is 1.81. The van der Waals surface area contributed by atoms with Gasteiger partial charge in [0.2, 0.25) is 0 Å². The maximum absolute atomic E-state index is 3.74. The maximum Gasteiger partial charge on any atom is 0.0516 e. The lowest BCUT2D eigenvalue weighted by Crippen LogP contribution is -2.11. The van der Waals surface area contributed by atoms with E-state index in [1.807, 2.05) is 0 Å². The summed E-state index contributed by atoms with van der Waals surface area (Å²) in [6.45, 7) is 4.48. The molecule has 3 rings (SSSR count). The van der Waals surface area contributed by atoms with Gasteiger partial charge in [-0.3, -0.25) is 0 Å². The van der Waals surface area contributed by atoms with Crippen molar-refractivity contribution in [2.75, 3.05) is 5.32 Å². The van der Waals surface area contributed by atoms with Crippen molar-refractivity contribution in [2.24, 2.45) is 0 Å².